The lowest BCUT2D eigenvalue weighted by Crippen LogP contribution is -2.39. The number of hydrogen-bond acceptors (Lipinski definition) is 10. The molecule has 2 unspecified atom stereocenters. The number of rotatable bonds is 21. The Kier molecular flexibility index (Phi) is 17.0. The van der Waals surface area contributed by atoms with E-state index in [1.165, 1.54) is 0 Å². The summed E-state index contributed by atoms with van der Waals surface area (Å²) in [4.78, 5) is 48.9. The summed E-state index contributed by atoms with van der Waals surface area (Å²) in [6, 6.07) is 17.6. The van der Waals surface area contributed by atoms with Gasteiger partial charge >= 0.3 is 24.1 Å². The average Bonchev–Trinajstić information content (AvgIpc) is 2.99. The van der Waals surface area contributed by atoms with Crippen molar-refractivity contribution in [3.05, 3.63) is 60.7 Å². The number of benzene rings is 2. The topological polar surface area (TPSA) is 124 Å². The van der Waals surface area contributed by atoms with Crippen LogP contribution in [-0.2, 0) is 33.3 Å². The van der Waals surface area contributed by atoms with Crippen molar-refractivity contribution in [3.63, 3.8) is 0 Å². The molecule has 0 bridgehead atoms. The van der Waals surface area contributed by atoms with E-state index in [1.807, 2.05) is 39.8 Å². The number of unbranched alkanes of at least 4 members (excludes halogenated alkanes) is 1. The van der Waals surface area contributed by atoms with Gasteiger partial charge in [0.1, 0.15) is 17.1 Å². The normalized spacial score (nSPS) is 12.8. The highest BCUT2D eigenvalue weighted by atomic mass is 16.7. The standard InChI is InChI=1S/C37H52O10/c1-28(23-26-44-37(5,6)34(40)45-30-15-9-7-10-16-30)21-24-42-32(38)19-13-14-20-33(39)47-36(3,4)27-29(2)22-25-43-35(41)46-31-17-11-8-12-18-31/h7-12,15-18,28-29H,13-14,19-27H2,1-6H3. The molecule has 2 aromatic carbocycles. The molecule has 2 aromatic rings. The SMILES string of the molecule is CC(CCOC(=O)CCCCC(=O)OC(C)(C)CC(C)CCOC(=O)Oc1ccccc1)CCOC(C)(C)C(=O)Oc1ccccc1. The Labute approximate surface area is 279 Å². The van der Waals surface area contributed by atoms with Crippen LogP contribution < -0.4 is 9.47 Å². The highest BCUT2D eigenvalue weighted by Gasteiger charge is 2.31. The predicted octanol–water partition coefficient (Wildman–Crippen LogP) is 7.86. The fraction of sp³-hybridized carbons (Fsp3) is 0.568. The van der Waals surface area contributed by atoms with Crippen LogP contribution in [0.5, 0.6) is 11.5 Å². The van der Waals surface area contributed by atoms with E-state index < -0.39 is 23.3 Å². The smallest absolute Gasteiger partial charge is 0.466 e. The van der Waals surface area contributed by atoms with Gasteiger partial charge in [-0.05, 0) is 102 Å². The van der Waals surface area contributed by atoms with E-state index in [0.29, 0.717) is 63.2 Å². The van der Waals surface area contributed by atoms with E-state index in [0.717, 1.165) is 0 Å². The van der Waals surface area contributed by atoms with Gasteiger partial charge in [0.05, 0.1) is 13.2 Å². The second-order valence-corrected chi connectivity index (χ2v) is 13.0. The lowest BCUT2D eigenvalue weighted by Gasteiger charge is -2.28. The monoisotopic (exact) mass is 656 g/mol. The van der Waals surface area contributed by atoms with Crippen LogP contribution in [0.15, 0.2) is 60.7 Å². The van der Waals surface area contributed by atoms with Gasteiger partial charge in [-0.25, -0.2) is 9.59 Å². The maximum absolute atomic E-state index is 12.4. The van der Waals surface area contributed by atoms with Crippen molar-refractivity contribution < 1.29 is 47.6 Å². The fourth-order valence-electron chi connectivity index (χ4n) is 4.72. The Morgan fingerprint density at radius 1 is 0.638 bits per heavy atom. The van der Waals surface area contributed by atoms with Gasteiger partial charge in [0.15, 0.2) is 5.60 Å². The van der Waals surface area contributed by atoms with Crippen molar-refractivity contribution in [1.82, 2.24) is 0 Å². The summed E-state index contributed by atoms with van der Waals surface area (Å²) in [6.45, 7) is 12.0. The predicted molar refractivity (Wildman–Crippen MR) is 177 cm³/mol. The summed E-state index contributed by atoms with van der Waals surface area (Å²) in [7, 11) is 0. The Morgan fingerprint density at radius 2 is 1.15 bits per heavy atom. The van der Waals surface area contributed by atoms with Crippen LogP contribution in [0.4, 0.5) is 4.79 Å². The van der Waals surface area contributed by atoms with Gasteiger partial charge in [0.2, 0.25) is 0 Å². The molecule has 0 fully saturated rings. The lowest BCUT2D eigenvalue weighted by atomic mass is 9.92. The third-order valence-electron chi connectivity index (χ3n) is 7.41. The summed E-state index contributed by atoms with van der Waals surface area (Å²) in [6.07, 6.45) is 3.32. The van der Waals surface area contributed by atoms with Gasteiger partial charge in [-0.2, -0.15) is 0 Å². The Bertz CT molecular complexity index is 1230. The van der Waals surface area contributed by atoms with Crippen molar-refractivity contribution in [1.29, 1.82) is 0 Å². The molecular formula is C37H52O10. The number of ether oxygens (including phenoxy) is 6. The summed E-state index contributed by atoms with van der Waals surface area (Å²) >= 11 is 0. The van der Waals surface area contributed by atoms with E-state index in [1.54, 1.807) is 62.4 Å². The number of hydrogen-bond donors (Lipinski definition) is 0. The second-order valence-electron chi connectivity index (χ2n) is 13.0. The minimum absolute atomic E-state index is 0.142. The minimum atomic E-state index is -1.08. The molecule has 0 saturated heterocycles. The molecule has 0 aliphatic heterocycles. The molecule has 260 valence electrons. The van der Waals surface area contributed by atoms with Gasteiger partial charge in [-0.1, -0.05) is 50.2 Å². The highest BCUT2D eigenvalue weighted by molar-refractivity contribution is 5.80. The second kappa shape index (κ2) is 20.3. The lowest BCUT2D eigenvalue weighted by molar-refractivity contribution is -0.159. The van der Waals surface area contributed by atoms with E-state index in [4.69, 9.17) is 28.4 Å². The minimum Gasteiger partial charge on any atom is -0.466 e. The molecule has 2 atom stereocenters. The van der Waals surface area contributed by atoms with Crippen molar-refractivity contribution in [2.24, 2.45) is 11.8 Å². The van der Waals surface area contributed by atoms with Gasteiger partial charge in [-0.15, -0.1) is 0 Å². The quantitative estimate of drug-likeness (QED) is 0.0431. The van der Waals surface area contributed by atoms with E-state index in [2.05, 4.69) is 0 Å². The molecule has 0 radical (unpaired) electrons. The van der Waals surface area contributed by atoms with Crippen LogP contribution in [0.25, 0.3) is 0 Å². The van der Waals surface area contributed by atoms with Crippen LogP contribution in [0.2, 0.25) is 0 Å². The van der Waals surface area contributed by atoms with E-state index in [9.17, 15) is 19.2 Å². The van der Waals surface area contributed by atoms with Gasteiger partial charge in [0, 0.05) is 19.4 Å². The summed E-state index contributed by atoms with van der Waals surface area (Å²) < 4.78 is 32.5. The van der Waals surface area contributed by atoms with Gasteiger partial charge in [-0.3, -0.25) is 9.59 Å². The molecule has 0 amide bonds. The first-order chi connectivity index (χ1) is 22.3. The number of carbonyl (C=O) groups excluding carboxylic acids is 4. The molecule has 10 nitrogen and oxygen atoms in total. The van der Waals surface area contributed by atoms with E-state index in [-0.39, 0.29) is 43.2 Å². The summed E-state index contributed by atoms with van der Waals surface area (Å²) in [5.41, 5.74) is -1.76. The van der Waals surface area contributed by atoms with Crippen LogP contribution in [0.3, 0.4) is 0 Å². The molecule has 47 heavy (non-hydrogen) atoms. The third kappa shape index (κ3) is 17.5. The summed E-state index contributed by atoms with van der Waals surface area (Å²) in [5, 5.41) is 0. The van der Waals surface area contributed by atoms with Gasteiger partial charge in [0.25, 0.3) is 0 Å². The molecule has 0 aliphatic rings. The van der Waals surface area contributed by atoms with Crippen LogP contribution in [-0.4, -0.2) is 55.1 Å². The summed E-state index contributed by atoms with van der Waals surface area (Å²) in [5.74, 6) is 0.196. The fourth-order valence-corrected chi connectivity index (χ4v) is 4.72. The first kappa shape index (κ1) is 39.3. The molecule has 0 aliphatic carbocycles. The average molecular weight is 657 g/mol. The maximum atomic E-state index is 12.4. The first-order valence-corrected chi connectivity index (χ1v) is 16.4. The molecule has 2 rings (SSSR count). The third-order valence-corrected chi connectivity index (χ3v) is 7.41. The largest absolute Gasteiger partial charge is 0.513 e. The Morgan fingerprint density at radius 3 is 1.77 bits per heavy atom. The molecule has 10 heteroatoms. The number of esters is 3. The van der Waals surface area contributed by atoms with Crippen molar-refractivity contribution in [2.75, 3.05) is 19.8 Å². The van der Waals surface area contributed by atoms with Crippen LogP contribution >= 0.6 is 0 Å². The van der Waals surface area contributed by atoms with E-state index >= 15 is 0 Å². The number of carbonyl (C=O) groups is 4. The molecule has 0 saturated carbocycles. The molecule has 0 spiro atoms. The number of para-hydroxylation sites is 2. The van der Waals surface area contributed by atoms with Gasteiger partial charge < -0.3 is 28.4 Å². The Balaban J connectivity index is 1.50. The molecule has 0 N–H and O–H groups in total. The van der Waals surface area contributed by atoms with Crippen molar-refractivity contribution >= 4 is 24.1 Å². The molecule has 0 aromatic heterocycles. The van der Waals surface area contributed by atoms with Crippen molar-refractivity contribution in [3.8, 4) is 11.5 Å². The zero-order valence-corrected chi connectivity index (χ0v) is 28.8. The zero-order chi connectivity index (χ0) is 34.7. The van der Waals surface area contributed by atoms with Crippen molar-refractivity contribution in [2.45, 2.75) is 104 Å². The Hall–Kier alpha value is -3.92. The zero-order valence-electron chi connectivity index (χ0n) is 28.8. The van der Waals surface area contributed by atoms with Crippen LogP contribution in [0, 0.1) is 11.8 Å². The molecular weight excluding hydrogens is 604 g/mol. The maximum Gasteiger partial charge on any atom is 0.513 e. The first-order valence-electron chi connectivity index (χ1n) is 16.4. The van der Waals surface area contributed by atoms with Crippen LogP contribution in [0.1, 0.15) is 92.9 Å². The molecule has 0 heterocycles. The highest BCUT2D eigenvalue weighted by Crippen LogP contribution is 2.24.